The van der Waals surface area contributed by atoms with Crippen LogP contribution in [-0.4, -0.2) is 71.1 Å². The van der Waals surface area contributed by atoms with E-state index in [0.717, 1.165) is 0 Å². The summed E-state index contributed by atoms with van der Waals surface area (Å²) < 4.78 is 42.3. The van der Waals surface area contributed by atoms with Gasteiger partial charge in [-0.15, -0.1) is 0 Å². The first kappa shape index (κ1) is 18.0. The molecule has 0 aromatic carbocycles. The molecular formula is C13H23F3N2O3. The van der Waals surface area contributed by atoms with Crippen molar-refractivity contribution in [3.05, 3.63) is 0 Å². The normalized spacial score (nSPS) is 18.6. The predicted octanol–water partition coefficient (Wildman–Crippen LogP) is 1.85. The van der Waals surface area contributed by atoms with E-state index in [1.54, 1.807) is 27.7 Å². The van der Waals surface area contributed by atoms with Gasteiger partial charge in [-0.1, -0.05) is 6.92 Å². The van der Waals surface area contributed by atoms with E-state index in [2.05, 4.69) is 0 Å². The lowest BCUT2D eigenvalue weighted by atomic mass is 10.1. The maximum atomic E-state index is 12.4. The van der Waals surface area contributed by atoms with Crippen LogP contribution in [0.3, 0.4) is 0 Å². The highest BCUT2D eigenvalue weighted by Crippen LogP contribution is 2.24. The number of hydrogen-bond donors (Lipinski definition) is 1. The average Bonchev–Trinajstić information content (AvgIpc) is 2.21. The van der Waals surface area contributed by atoms with Crippen LogP contribution in [0.2, 0.25) is 0 Å². The van der Waals surface area contributed by atoms with Crippen molar-refractivity contribution in [2.75, 3.05) is 26.2 Å². The molecule has 1 amide bonds. The van der Waals surface area contributed by atoms with Gasteiger partial charge in [0.25, 0.3) is 0 Å². The van der Waals surface area contributed by atoms with Crippen molar-refractivity contribution < 1.29 is 27.8 Å². The zero-order valence-corrected chi connectivity index (χ0v) is 12.8. The van der Waals surface area contributed by atoms with Crippen molar-refractivity contribution in [1.82, 2.24) is 9.80 Å². The van der Waals surface area contributed by atoms with Crippen molar-refractivity contribution in [2.24, 2.45) is 0 Å². The minimum Gasteiger partial charge on any atom is -0.444 e. The minimum atomic E-state index is -4.62. The fourth-order valence-electron chi connectivity index (χ4n) is 2.02. The van der Waals surface area contributed by atoms with E-state index >= 15 is 0 Å². The largest absolute Gasteiger partial charge is 0.444 e. The molecule has 1 fully saturated rings. The highest BCUT2D eigenvalue weighted by Gasteiger charge is 2.42. The Balaban J connectivity index is 2.45. The van der Waals surface area contributed by atoms with E-state index in [4.69, 9.17) is 9.84 Å². The number of nitrogens with zero attached hydrogens (tertiary/aromatic N) is 2. The smallest absolute Gasteiger partial charge is 0.415 e. The molecule has 1 heterocycles. The highest BCUT2D eigenvalue weighted by atomic mass is 19.4. The fraction of sp³-hybridized carbons (Fsp3) is 0.923. The van der Waals surface area contributed by atoms with Gasteiger partial charge in [0.15, 0.2) is 6.10 Å². The lowest BCUT2D eigenvalue weighted by molar-refractivity contribution is -0.210. The van der Waals surface area contributed by atoms with Crippen molar-refractivity contribution in [3.63, 3.8) is 0 Å². The van der Waals surface area contributed by atoms with Crippen LogP contribution in [0.1, 0.15) is 27.7 Å². The number of hydrogen-bond acceptors (Lipinski definition) is 4. The summed E-state index contributed by atoms with van der Waals surface area (Å²) in [6.07, 6.45) is -7.46. The van der Waals surface area contributed by atoms with E-state index in [1.165, 1.54) is 9.80 Å². The zero-order chi connectivity index (χ0) is 16.4. The molecule has 0 aromatic heterocycles. The number of halogens is 3. The molecule has 1 atom stereocenters. The zero-order valence-electron chi connectivity index (χ0n) is 12.8. The predicted molar refractivity (Wildman–Crippen MR) is 70.9 cm³/mol. The van der Waals surface area contributed by atoms with Gasteiger partial charge < -0.3 is 14.7 Å². The quantitative estimate of drug-likeness (QED) is 0.861. The molecule has 0 aliphatic carbocycles. The Morgan fingerprint density at radius 1 is 1.38 bits per heavy atom. The molecule has 0 spiro atoms. The molecule has 5 nitrogen and oxygen atoms in total. The molecule has 0 saturated carbocycles. The van der Waals surface area contributed by atoms with E-state index in [1.807, 2.05) is 0 Å². The second-order valence-corrected chi connectivity index (χ2v) is 6.18. The standard InChI is InChI=1S/C13H23F3N2O3/c1-5-17(8-10(19)13(14,15)16)9-6-18(7-9)11(20)21-12(2,3)4/h9-10,19H,5-8H2,1-4H3. The van der Waals surface area contributed by atoms with Gasteiger partial charge in [0.05, 0.1) is 0 Å². The molecule has 8 heteroatoms. The topological polar surface area (TPSA) is 53.0 Å². The summed E-state index contributed by atoms with van der Waals surface area (Å²) in [5, 5.41) is 9.11. The van der Waals surface area contributed by atoms with Gasteiger partial charge in [-0.05, 0) is 27.3 Å². The number of alkyl halides is 3. The van der Waals surface area contributed by atoms with E-state index in [9.17, 15) is 18.0 Å². The van der Waals surface area contributed by atoms with E-state index < -0.39 is 30.5 Å². The van der Waals surface area contributed by atoms with Crippen LogP contribution in [-0.2, 0) is 4.74 Å². The molecule has 1 rings (SSSR count). The van der Waals surface area contributed by atoms with Crippen LogP contribution >= 0.6 is 0 Å². The summed E-state index contributed by atoms with van der Waals surface area (Å²) >= 11 is 0. The Morgan fingerprint density at radius 3 is 2.29 bits per heavy atom. The second kappa shape index (κ2) is 6.39. The van der Waals surface area contributed by atoms with Crippen molar-refractivity contribution in [1.29, 1.82) is 0 Å². The fourth-order valence-corrected chi connectivity index (χ4v) is 2.02. The van der Waals surface area contributed by atoms with Crippen molar-refractivity contribution in [3.8, 4) is 0 Å². The van der Waals surface area contributed by atoms with Crippen LogP contribution in [0.15, 0.2) is 0 Å². The summed E-state index contributed by atoms with van der Waals surface area (Å²) in [6.45, 7) is 7.49. The van der Waals surface area contributed by atoms with Crippen LogP contribution in [0, 0.1) is 0 Å². The molecule has 1 aliphatic heterocycles. The lowest BCUT2D eigenvalue weighted by Gasteiger charge is -2.45. The number of carbonyl (C=O) groups is 1. The summed E-state index contributed by atoms with van der Waals surface area (Å²) in [5.41, 5.74) is -0.598. The third-order valence-corrected chi connectivity index (χ3v) is 3.22. The Bertz CT molecular complexity index is 363. The Morgan fingerprint density at radius 2 is 1.90 bits per heavy atom. The first-order valence-corrected chi connectivity index (χ1v) is 6.90. The first-order valence-electron chi connectivity index (χ1n) is 6.90. The van der Waals surface area contributed by atoms with Crippen molar-refractivity contribution in [2.45, 2.75) is 51.6 Å². The van der Waals surface area contributed by atoms with Gasteiger partial charge in [-0.3, -0.25) is 4.90 Å². The number of likely N-dealkylation sites (tertiary alicyclic amines) is 1. The van der Waals surface area contributed by atoms with E-state index in [0.29, 0.717) is 19.6 Å². The number of carbonyl (C=O) groups excluding carboxylic acids is 1. The first-order chi connectivity index (χ1) is 9.44. The van der Waals surface area contributed by atoms with Gasteiger partial charge in [-0.25, -0.2) is 4.79 Å². The lowest BCUT2D eigenvalue weighted by Crippen LogP contribution is -2.63. The molecule has 0 aromatic rings. The molecule has 124 valence electrons. The molecule has 21 heavy (non-hydrogen) atoms. The molecule has 1 N–H and O–H groups in total. The minimum absolute atomic E-state index is 0.181. The molecule has 1 unspecified atom stereocenters. The molecule has 0 radical (unpaired) electrons. The van der Waals surface area contributed by atoms with Gasteiger partial charge in [-0.2, -0.15) is 13.2 Å². The summed E-state index contributed by atoms with van der Waals surface area (Å²) in [5.74, 6) is 0. The van der Waals surface area contributed by atoms with Gasteiger partial charge >= 0.3 is 12.3 Å². The monoisotopic (exact) mass is 312 g/mol. The number of amides is 1. The SMILES string of the molecule is CCN(CC(O)C(F)(F)F)C1CN(C(=O)OC(C)(C)C)C1. The number of rotatable bonds is 4. The van der Waals surface area contributed by atoms with Crippen molar-refractivity contribution >= 4 is 6.09 Å². The van der Waals surface area contributed by atoms with Gasteiger partial charge in [0.2, 0.25) is 0 Å². The molecule has 0 bridgehead atoms. The van der Waals surface area contributed by atoms with Gasteiger partial charge in [0.1, 0.15) is 5.60 Å². The summed E-state index contributed by atoms with van der Waals surface area (Å²) in [7, 11) is 0. The third-order valence-electron chi connectivity index (χ3n) is 3.22. The third kappa shape index (κ3) is 5.35. The summed E-state index contributed by atoms with van der Waals surface area (Å²) in [6, 6.07) is -0.181. The molecule has 1 aliphatic rings. The Kier molecular flexibility index (Phi) is 5.49. The Labute approximate surface area is 122 Å². The number of ether oxygens (including phenoxy) is 1. The maximum absolute atomic E-state index is 12.4. The van der Waals surface area contributed by atoms with Gasteiger partial charge in [0, 0.05) is 25.7 Å². The van der Waals surface area contributed by atoms with Crippen LogP contribution in [0.25, 0.3) is 0 Å². The maximum Gasteiger partial charge on any atom is 0.415 e. The number of aliphatic hydroxyl groups excluding tert-OH is 1. The van der Waals surface area contributed by atoms with E-state index in [-0.39, 0.29) is 6.04 Å². The summed E-state index contributed by atoms with van der Waals surface area (Å²) in [4.78, 5) is 14.7. The second-order valence-electron chi connectivity index (χ2n) is 6.18. The molecular weight excluding hydrogens is 289 g/mol. The number of likely N-dealkylation sites (N-methyl/N-ethyl adjacent to an activating group) is 1. The highest BCUT2D eigenvalue weighted by molar-refractivity contribution is 5.69. The Hall–Kier alpha value is -1.02. The number of aliphatic hydroxyl groups is 1. The van der Waals surface area contributed by atoms with Crippen LogP contribution in [0.5, 0.6) is 0 Å². The van der Waals surface area contributed by atoms with Crippen LogP contribution < -0.4 is 0 Å². The van der Waals surface area contributed by atoms with Crippen LogP contribution in [0.4, 0.5) is 18.0 Å². The molecule has 1 saturated heterocycles. The average molecular weight is 312 g/mol.